The van der Waals surface area contributed by atoms with Gasteiger partial charge in [0.25, 0.3) is 0 Å². The lowest BCUT2D eigenvalue weighted by molar-refractivity contribution is -0.286. The average Bonchev–Trinajstić information content (AvgIpc) is 2.62. The number of pyridine rings is 1. The Morgan fingerprint density at radius 3 is 2.72 bits per heavy atom. The van der Waals surface area contributed by atoms with E-state index in [1.54, 1.807) is 12.3 Å². The van der Waals surface area contributed by atoms with Crippen LogP contribution in [0.5, 0.6) is 11.5 Å². The van der Waals surface area contributed by atoms with E-state index in [2.05, 4.69) is 14.5 Å². The molecule has 0 amide bonds. The lowest BCUT2D eigenvalue weighted by Gasteiger charge is -2.07. The van der Waals surface area contributed by atoms with Gasteiger partial charge in [-0.1, -0.05) is 19.9 Å². The van der Waals surface area contributed by atoms with Crippen molar-refractivity contribution >= 4 is 10.8 Å². The Labute approximate surface area is 102 Å². The van der Waals surface area contributed by atoms with Crippen LogP contribution in [-0.2, 0) is 0 Å². The molecule has 18 heavy (non-hydrogen) atoms. The molecule has 0 unspecified atom stereocenters. The molecule has 0 spiro atoms. The van der Waals surface area contributed by atoms with E-state index in [-0.39, 0.29) is 17.4 Å². The Bertz CT molecular complexity index is 626. The van der Waals surface area contributed by atoms with Crippen LogP contribution in [0.15, 0.2) is 24.4 Å². The van der Waals surface area contributed by atoms with Gasteiger partial charge in [-0.15, -0.1) is 8.78 Å². The van der Waals surface area contributed by atoms with E-state index in [0.29, 0.717) is 5.39 Å². The molecule has 3 rings (SSSR count). The van der Waals surface area contributed by atoms with Gasteiger partial charge in [-0.25, -0.2) is 0 Å². The second-order valence-electron chi connectivity index (χ2n) is 4.55. The van der Waals surface area contributed by atoms with Crippen molar-refractivity contribution in [3.05, 3.63) is 30.1 Å². The Balaban J connectivity index is 2.18. The zero-order valence-electron chi connectivity index (χ0n) is 9.91. The van der Waals surface area contributed by atoms with Crippen molar-refractivity contribution in [3.8, 4) is 11.5 Å². The number of aromatic nitrogens is 1. The molecule has 0 bridgehead atoms. The molecule has 1 aliphatic heterocycles. The van der Waals surface area contributed by atoms with Crippen LogP contribution < -0.4 is 9.47 Å². The van der Waals surface area contributed by atoms with Gasteiger partial charge < -0.3 is 9.47 Å². The van der Waals surface area contributed by atoms with Gasteiger partial charge in [-0.2, -0.15) is 0 Å². The van der Waals surface area contributed by atoms with Crippen molar-refractivity contribution in [2.75, 3.05) is 0 Å². The van der Waals surface area contributed by atoms with Gasteiger partial charge in [0, 0.05) is 17.3 Å². The fraction of sp³-hybridized carbons (Fsp3) is 0.308. The van der Waals surface area contributed by atoms with Crippen LogP contribution in [0.25, 0.3) is 10.8 Å². The van der Waals surface area contributed by atoms with Crippen LogP contribution >= 0.6 is 0 Å². The normalized spacial score (nSPS) is 16.5. The molecule has 5 heteroatoms. The van der Waals surface area contributed by atoms with Gasteiger partial charge in [0.05, 0.1) is 0 Å². The molecule has 94 valence electrons. The number of fused-ring (bicyclic) bond motifs is 3. The van der Waals surface area contributed by atoms with E-state index in [1.165, 1.54) is 6.07 Å². The molecule has 1 aromatic heterocycles. The third-order valence-electron chi connectivity index (χ3n) is 2.88. The standard InChI is InChI=1S/C13H11F2NO2/c1-7(2)10-5-8-3-4-11-12(9(8)6-16-10)18-13(14,15)17-11/h3-7H,1-2H3. The molecule has 0 fully saturated rings. The van der Waals surface area contributed by atoms with E-state index in [0.717, 1.165) is 11.1 Å². The summed E-state index contributed by atoms with van der Waals surface area (Å²) >= 11 is 0. The predicted molar refractivity (Wildman–Crippen MR) is 62.0 cm³/mol. The zero-order chi connectivity index (χ0) is 12.9. The molecule has 3 nitrogen and oxygen atoms in total. The van der Waals surface area contributed by atoms with Crippen molar-refractivity contribution in [1.82, 2.24) is 4.98 Å². The smallest absolute Gasteiger partial charge is 0.395 e. The highest BCUT2D eigenvalue weighted by molar-refractivity contribution is 5.90. The van der Waals surface area contributed by atoms with Gasteiger partial charge in [0.2, 0.25) is 0 Å². The molecule has 0 N–H and O–H groups in total. The number of halogens is 2. The van der Waals surface area contributed by atoms with E-state index in [1.807, 2.05) is 19.9 Å². The monoisotopic (exact) mass is 251 g/mol. The molecule has 2 heterocycles. The third-order valence-corrected chi connectivity index (χ3v) is 2.88. The van der Waals surface area contributed by atoms with Crippen LogP contribution in [0, 0.1) is 0 Å². The van der Waals surface area contributed by atoms with E-state index in [9.17, 15) is 8.78 Å². The number of nitrogens with zero attached hydrogens (tertiary/aromatic N) is 1. The number of hydrogen-bond donors (Lipinski definition) is 0. The number of benzene rings is 1. The number of ether oxygens (including phenoxy) is 2. The Morgan fingerprint density at radius 1 is 1.22 bits per heavy atom. The van der Waals surface area contributed by atoms with Crippen LogP contribution in [0.4, 0.5) is 8.78 Å². The largest absolute Gasteiger partial charge is 0.586 e. The van der Waals surface area contributed by atoms with Gasteiger partial charge in [-0.05, 0) is 23.4 Å². The zero-order valence-corrected chi connectivity index (χ0v) is 9.91. The number of alkyl halides is 2. The van der Waals surface area contributed by atoms with E-state index < -0.39 is 6.29 Å². The first-order chi connectivity index (χ1) is 8.46. The lowest BCUT2D eigenvalue weighted by Crippen LogP contribution is -2.26. The van der Waals surface area contributed by atoms with E-state index in [4.69, 9.17) is 0 Å². The van der Waals surface area contributed by atoms with Gasteiger partial charge >= 0.3 is 6.29 Å². The van der Waals surface area contributed by atoms with Crippen molar-refractivity contribution in [2.45, 2.75) is 26.1 Å². The van der Waals surface area contributed by atoms with E-state index >= 15 is 0 Å². The summed E-state index contributed by atoms with van der Waals surface area (Å²) in [7, 11) is 0. The molecular weight excluding hydrogens is 240 g/mol. The van der Waals surface area contributed by atoms with Crippen LogP contribution in [0.1, 0.15) is 25.5 Å². The lowest BCUT2D eigenvalue weighted by atomic mass is 10.1. The molecular formula is C13H11F2NO2. The highest BCUT2D eigenvalue weighted by Crippen LogP contribution is 2.45. The molecule has 1 aliphatic rings. The molecule has 0 aliphatic carbocycles. The number of rotatable bonds is 1. The summed E-state index contributed by atoms with van der Waals surface area (Å²) in [6.45, 7) is 4.05. The molecule has 0 atom stereocenters. The Hall–Kier alpha value is -1.91. The second kappa shape index (κ2) is 3.54. The van der Waals surface area contributed by atoms with Crippen molar-refractivity contribution in [2.24, 2.45) is 0 Å². The first-order valence-corrected chi connectivity index (χ1v) is 5.65. The predicted octanol–water partition coefficient (Wildman–Crippen LogP) is 3.68. The molecule has 0 radical (unpaired) electrons. The highest BCUT2D eigenvalue weighted by atomic mass is 19.3. The molecule has 2 aromatic rings. The van der Waals surface area contributed by atoms with Crippen LogP contribution in [0.3, 0.4) is 0 Å². The summed E-state index contributed by atoms with van der Waals surface area (Å²) in [5.41, 5.74) is 0.910. The number of hydrogen-bond acceptors (Lipinski definition) is 3. The quantitative estimate of drug-likeness (QED) is 0.774. The SMILES string of the molecule is CC(C)c1cc2ccc3c(c2cn1)OC(F)(F)O3. The molecule has 0 saturated heterocycles. The maximum atomic E-state index is 13.0. The first-order valence-electron chi connectivity index (χ1n) is 5.65. The highest BCUT2D eigenvalue weighted by Gasteiger charge is 2.44. The van der Waals surface area contributed by atoms with Crippen LogP contribution in [-0.4, -0.2) is 11.3 Å². The summed E-state index contributed by atoms with van der Waals surface area (Å²) < 4.78 is 34.9. The van der Waals surface area contributed by atoms with Gasteiger partial charge in [0.1, 0.15) is 0 Å². The fourth-order valence-electron chi connectivity index (χ4n) is 1.96. The first kappa shape index (κ1) is 11.2. The van der Waals surface area contributed by atoms with Crippen LogP contribution in [0.2, 0.25) is 0 Å². The summed E-state index contributed by atoms with van der Waals surface area (Å²) in [5, 5.41) is 1.35. The van der Waals surface area contributed by atoms with Crippen molar-refractivity contribution in [1.29, 1.82) is 0 Å². The summed E-state index contributed by atoms with van der Waals surface area (Å²) in [5.74, 6) is 0.383. The molecule has 0 saturated carbocycles. The topological polar surface area (TPSA) is 31.4 Å². The summed E-state index contributed by atoms with van der Waals surface area (Å²) in [6.07, 6.45) is -2.04. The minimum Gasteiger partial charge on any atom is -0.395 e. The third kappa shape index (κ3) is 1.66. The minimum absolute atomic E-state index is 0.0478. The fourth-order valence-corrected chi connectivity index (χ4v) is 1.96. The second-order valence-corrected chi connectivity index (χ2v) is 4.55. The Kier molecular flexibility index (Phi) is 2.20. The maximum absolute atomic E-state index is 13.0. The Morgan fingerprint density at radius 2 is 2.00 bits per heavy atom. The summed E-state index contributed by atoms with van der Waals surface area (Å²) in [6, 6.07) is 5.09. The molecule has 1 aromatic carbocycles. The van der Waals surface area contributed by atoms with Crippen molar-refractivity contribution < 1.29 is 18.3 Å². The minimum atomic E-state index is -3.59. The van der Waals surface area contributed by atoms with Crippen molar-refractivity contribution in [3.63, 3.8) is 0 Å². The summed E-state index contributed by atoms with van der Waals surface area (Å²) in [4.78, 5) is 4.25. The average molecular weight is 251 g/mol. The van der Waals surface area contributed by atoms with Gasteiger partial charge in [0.15, 0.2) is 11.5 Å². The van der Waals surface area contributed by atoms with Gasteiger partial charge in [-0.3, -0.25) is 4.98 Å². The maximum Gasteiger partial charge on any atom is 0.586 e.